The van der Waals surface area contributed by atoms with E-state index in [9.17, 15) is 5.11 Å². The van der Waals surface area contributed by atoms with Crippen molar-refractivity contribution in [1.29, 1.82) is 0 Å². The van der Waals surface area contributed by atoms with E-state index in [1.165, 1.54) is 0 Å². The summed E-state index contributed by atoms with van der Waals surface area (Å²) in [6.07, 6.45) is 4.29. The van der Waals surface area contributed by atoms with Gasteiger partial charge in [0.25, 0.3) is 0 Å². The number of hydrogen-bond donors (Lipinski definition) is 2. The van der Waals surface area contributed by atoms with Crippen LogP contribution >= 0.6 is 0 Å². The van der Waals surface area contributed by atoms with Crippen LogP contribution in [0, 0.1) is 0 Å². The molecule has 2 N–H and O–H groups in total. The maximum absolute atomic E-state index is 10.5. The summed E-state index contributed by atoms with van der Waals surface area (Å²) in [4.78, 5) is 0. The number of hydrogen-bond acceptors (Lipinski definition) is 4. The van der Waals surface area contributed by atoms with Crippen LogP contribution < -0.4 is 5.32 Å². The van der Waals surface area contributed by atoms with Gasteiger partial charge in [-0.05, 0) is 20.3 Å². The Morgan fingerprint density at radius 2 is 2.53 bits per heavy atom. The van der Waals surface area contributed by atoms with Gasteiger partial charge in [0.05, 0.1) is 25.0 Å². The van der Waals surface area contributed by atoms with E-state index in [4.69, 9.17) is 4.74 Å². The van der Waals surface area contributed by atoms with Gasteiger partial charge in [0.2, 0.25) is 0 Å². The van der Waals surface area contributed by atoms with Crippen LogP contribution in [-0.4, -0.2) is 40.7 Å². The van der Waals surface area contributed by atoms with Crippen molar-refractivity contribution in [3.63, 3.8) is 0 Å². The standard InChI is InChI=1S/C12H21N3O2/c1-3-15-8-10(7-14-15)12(2,16)6-11-9-17-5-4-13-11/h7-8,11,13,16H,3-6,9H2,1-2H3. The molecule has 0 aromatic carbocycles. The molecule has 0 spiro atoms. The van der Waals surface area contributed by atoms with Gasteiger partial charge in [-0.15, -0.1) is 0 Å². The first-order chi connectivity index (χ1) is 8.12. The molecule has 5 nitrogen and oxygen atoms in total. The largest absolute Gasteiger partial charge is 0.385 e. The molecule has 1 saturated heterocycles. The topological polar surface area (TPSA) is 59.3 Å². The van der Waals surface area contributed by atoms with Crippen molar-refractivity contribution in [2.45, 2.75) is 38.5 Å². The second-order valence-corrected chi connectivity index (χ2v) is 4.79. The second-order valence-electron chi connectivity index (χ2n) is 4.79. The average Bonchev–Trinajstić information content (AvgIpc) is 2.79. The predicted octanol–water partition coefficient (Wildman–Crippen LogP) is 0.489. The lowest BCUT2D eigenvalue weighted by Crippen LogP contribution is -2.45. The van der Waals surface area contributed by atoms with Gasteiger partial charge in [-0.1, -0.05) is 0 Å². The Morgan fingerprint density at radius 1 is 1.71 bits per heavy atom. The highest BCUT2D eigenvalue weighted by Crippen LogP contribution is 2.26. The highest BCUT2D eigenvalue weighted by atomic mass is 16.5. The lowest BCUT2D eigenvalue weighted by molar-refractivity contribution is 0.00317. The fraction of sp³-hybridized carbons (Fsp3) is 0.750. The predicted molar refractivity (Wildman–Crippen MR) is 64.7 cm³/mol. The van der Waals surface area contributed by atoms with Crippen LogP contribution in [0.5, 0.6) is 0 Å². The molecule has 0 radical (unpaired) electrons. The molecule has 5 heteroatoms. The Balaban J connectivity index is 2.01. The molecule has 2 rings (SSSR count). The third-order valence-electron chi connectivity index (χ3n) is 3.22. The molecule has 2 heterocycles. The number of nitrogens with one attached hydrogen (secondary N) is 1. The van der Waals surface area contributed by atoms with E-state index in [0.717, 1.165) is 25.3 Å². The Labute approximate surface area is 102 Å². The van der Waals surface area contributed by atoms with Crippen molar-refractivity contribution in [2.75, 3.05) is 19.8 Å². The molecule has 0 bridgehead atoms. The van der Waals surface area contributed by atoms with Crippen LogP contribution in [0.25, 0.3) is 0 Å². The summed E-state index contributed by atoms with van der Waals surface area (Å²) in [5, 5.41) is 18.1. The SMILES string of the molecule is CCn1cc(C(C)(O)CC2COCCN2)cn1. The zero-order valence-corrected chi connectivity index (χ0v) is 10.5. The van der Waals surface area contributed by atoms with E-state index in [2.05, 4.69) is 10.4 Å². The minimum atomic E-state index is -0.855. The average molecular weight is 239 g/mol. The number of nitrogens with zero attached hydrogens (tertiary/aromatic N) is 2. The molecule has 0 saturated carbocycles. The molecule has 1 aliphatic heterocycles. The molecule has 1 aromatic heterocycles. The van der Waals surface area contributed by atoms with Crippen molar-refractivity contribution in [2.24, 2.45) is 0 Å². The summed E-state index contributed by atoms with van der Waals surface area (Å²) in [7, 11) is 0. The van der Waals surface area contributed by atoms with Crippen LogP contribution in [-0.2, 0) is 16.9 Å². The van der Waals surface area contributed by atoms with Gasteiger partial charge >= 0.3 is 0 Å². The van der Waals surface area contributed by atoms with Crippen LogP contribution in [0.2, 0.25) is 0 Å². The van der Waals surface area contributed by atoms with E-state index in [1.54, 1.807) is 6.20 Å². The summed E-state index contributed by atoms with van der Waals surface area (Å²) in [6, 6.07) is 0.212. The second kappa shape index (κ2) is 5.16. The summed E-state index contributed by atoms with van der Waals surface area (Å²) >= 11 is 0. The number of aryl methyl sites for hydroxylation is 1. The Kier molecular flexibility index (Phi) is 3.81. The van der Waals surface area contributed by atoms with Gasteiger partial charge in [-0.3, -0.25) is 4.68 Å². The third-order valence-corrected chi connectivity index (χ3v) is 3.22. The van der Waals surface area contributed by atoms with Crippen molar-refractivity contribution >= 4 is 0 Å². The Hall–Kier alpha value is -0.910. The van der Waals surface area contributed by atoms with E-state index in [1.807, 2.05) is 24.7 Å². The number of ether oxygens (including phenoxy) is 1. The Morgan fingerprint density at radius 3 is 3.12 bits per heavy atom. The van der Waals surface area contributed by atoms with Crippen LogP contribution in [0.15, 0.2) is 12.4 Å². The van der Waals surface area contributed by atoms with Gasteiger partial charge in [-0.2, -0.15) is 5.10 Å². The van der Waals surface area contributed by atoms with E-state index < -0.39 is 5.60 Å². The minimum Gasteiger partial charge on any atom is -0.385 e. The van der Waals surface area contributed by atoms with E-state index >= 15 is 0 Å². The first kappa shape index (κ1) is 12.5. The Bertz CT molecular complexity index is 356. The molecule has 96 valence electrons. The molecule has 1 aliphatic rings. The van der Waals surface area contributed by atoms with Crippen molar-refractivity contribution in [3.8, 4) is 0 Å². The maximum Gasteiger partial charge on any atom is 0.0914 e. The highest BCUT2D eigenvalue weighted by Gasteiger charge is 2.29. The molecular weight excluding hydrogens is 218 g/mol. The third kappa shape index (κ3) is 3.06. The number of aromatic nitrogens is 2. The first-order valence-corrected chi connectivity index (χ1v) is 6.18. The van der Waals surface area contributed by atoms with Gasteiger partial charge in [0, 0.05) is 30.9 Å². The van der Waals surface area contributed by atoms with E-state index in [0.29, 0.717) is 13.0 Å². The number of rotatable bonds is 4. The van der Waals surface area contributed by atoms with Gasteiger partial charge in [0.1, 0.15) is 0 Å². The van der Waals surface area contributed by atoms with Crippen LogP contribution in [0.4, 0.5) is 0 Å². The summed E-state index contributed by atoms with van der Waals surface area (Å²) < 4.78 is 7.22. The fourth-order valence-corrected chi connectivity index (χ4v) is 2.16. The van der Waals surface area contributed by atoms with Gasteiger partial charge in [0.15, 0.2) is 0 Å². The van der Waals surface area contributed by atoms with Crippen LogP contribution in [0.3, 0.4) is 0 Å². The monoisotopic (exact) mass is 239 g/mol. The minimum absolute atomic E-state index is 0.212. The van der Waals surface area contributed by atoms with Crippen molar-refractivity contribution in [3.05, 3.63) is 18.0 Å². The highest BCUT2D eigenvalue weighted by molar-refractivity contribution is 5.14. The lowest BCUT2D eigenvalue weighted by Gasteiger charge is -2.30. The van der Waals surface area contributed by atoms with Crippen molar-refractivity contribution in [1.82, 2.24) is 15.1 Å². The maximum atomic E-state index is 10.5. The number of morpholine rings is 1. The van der Waals surface area contributed by atoms with Gasteiger partial charge in [-0.25, -0.2) is 0 Å². The zero-order chi connectivity index (χ0) is 12.3. The molecule has 1 fully saturated rings. The molecule has 17 heavy (non-hydrogen) atoms. The molecule has 2 atom stereocenters. The molecule has 0 amide bonds. The van der Waals surface area contributed by atoms with Crippen molar-refractivity contribution < 1.29 is 9.84 Å². The van der Waals surface area contributed by atoms with E-state index in [-0.39, 0.29) is 6.04 Å². The number of aliphatic hydroxyl groups is 1. The van der Waals surface area contributed by atoms with Gasteiger partial charge < -0.3 is 15.2 Å². The smallest absolute Gasteiger partial charge is 0.0914 e. The summed E-state index contributed by atoms with van der Waals surface area (Å²) in [6.45, 7) is 6.96. The fourth-order valence-electron chi connectivity index (χ4n) is 2.16. The summed E-state index contributed by atoms with van der Waals surface area (Å²) in [5.41, 5.74) is 0.0120. The molecule has 2 unspecified atom stereocenters. The molecular formula is C12H21N3O2. The normalized spacial score (nSPS) is 24.5. The zero-order valence-electron chi connectivity index (χ0n) is 10.5. The molecule has 0 aliphatic carbocycles. The quantitative estimate of drug-likeness (QED) is 0.803. The lowest BCUT2D eigenvalue weighted by atomic mass is 9.91. The molecule has 1 aromatic rings. The first-order valence-electron chi connectivity index (χ1n) is 6.18. The summed E-state index contributed by atoms with van der Waals surface area (Å²) in [5.74, 6) is 0. The van der Waals surface area contributed by atoms with Crippen LogP contribution in [0.1, 0.15) is 25.8 Å².